The maximum Gasteiger partial charge on any atom is 0.253 e. The van der Waals surface area contributed by atoms with Gasteiger partial charge in [0.05, 0.1) is 15.5 Å². The first-order valence-electron chi connectivity index (χ1n) is 22.9. The molecule has 0 saturated heterocycles. The molecule has 0 spiro atoms. The van der Waals surface area contributed by atoms with E-state index < -0.39 is 10.1 Å². The normalized spacial score (nSPS) is 17.6. The second kappa shape index (κ2) is 20.8. The number of carbonyl (C=O) groups is 3. The Morgan fingerprint density at radius 1 is 0.667 bits per heavy atom. The predicted molar refractivity (Wildman–Crippen MR) is 266 cm³/mol. The van der Waals surface area contributed by atoms with E-state index in [1.807, 2.05) is 54.7 Å². The second-order valence-electron chi connectivity index (χ2n) is 18.0. The summed E-state index contributed by atoms with van der Waals surface area (Å²) in [7, 11) is -4.25. The van der Waals surface area contributed by atoms with Gasteiger partial charge in [0.1, 0.15) is 6.54 Å². The molecule has 0 fully saturated rings. The molecule has 342 valence electrons. The van der Waals surface area contributed by atoms with Crippen LogP contribution in [0.2, 0.25) is 0 Å². The van der Waals surface area contributed by atoms with Crippen molar-refractivity contribution in [3.8, 4) is 0 Å². The fourth-order valence-electron chi connectivity index (χ4n) is 9.62. The fraction of sp³-hybridized carbons (Fsp3) is 0.309. The van der Waals surface area contributed by atoms with Gasteiger partial charge in [-0.2, -0.15) is 4.58 Å². The van der Waals surface area contributed by atoms with Gasteiger partial charge in [0.2, 0.25) is 11.6 Å². The Morgan fingerprint density at radius 3 is 1.94 bits per heavy atom. The van der Waals surface area contributed by atoms with Crippen molar-refractivity contribution in [2.75, 3.05) is 36.8 Å². The van der Waals surface area contributed by atoms with Crippen LogP contribution < -0.4 is 10.2 Å². The highest BCUT2D eigenvalue weighted by Crippen LogP contribution is 2.51. The van der Waals surface area contributed by atoms with Gasteiger partial charge in [0.25, 0.3) is 11.8 Å². The molecule has 11 heteroatoms. The highest BCUT2D eigenvalue weighted by Gasteiger charge is 2.45. The van der Waals surface area contributed by atoms with Gasteiger partial charge in [0, 0.05) is 84.9 Å². The molecule has 0 saturated carbocycles. The van der Waals surface area contributed by atoms with Crippen molar-refractivity contribution in [3.05, 3.63) is 169 Å². The van der Waals surface area contributed by atoms with Gasteiger partial charge in [-0.1, -0.05) is 123 Å². The Bertz CT molecular complexity index is 2860. The Hall–Kier alpha value is -6.43. The van der Waals surface area contributed by atoms with Gasteiger partial charge >= 0.3 is 0 Å². The summed E-state index contributed by atoms with van der Waals surface area (Å²) >= 11 is 0. The number of fused-ring (bicyclic) bond motifs is 6. The number of benzene rings is 4. The molecular weight excluding hydrogens is 845 g/mol. The minimum absolute atomic E-state index is 0.0802. The lowest BCUT2D eigenvalue weighted by Gasteiger charge is -2.27. The summed E-state index contributed by atoms with van der Waals surface area (Å²) in [4.78, 5) is 39.4. The number of amides is 3. The number of nitrogens with zero attached hydrogens (tertiary/aromatic N) is 3. The van der Waals surface area contributed by atoms with E-state index in [1.165, 1.54) is 56.2 Å². The van der Waals surface area contributed by atoms with E-state index in [2.05, 4.69) is 127 Å². The number of unbranched alkanes of at least 4 members (excludes halogenated alkanes) is 3. The molecule has 0 aliphatic carbocycles. The molecule has 3 heterocycles. The van der Waals surface area contributed by atoms with Gasteiger partial charge in [-0.25, -0.2) is 8.42 Å². The average Bonchev–Trinajstić information content (AvgIpc) is 3.81. The van der Waals surface area contributed by atoms with Crippen molar-refractivity contribution < 1.29 is 31.9 Å². The molecule has 3 amide bonds. The molecule has 4 aromatic rings. The van der Waals surface area contributed by atoms with Crippen LogP contribution in [0.25, 0.3) is 21.5 Å². The van der Waals surface area contributed by atoms with Gasteiger partial charge < -0.3 is 14.8 Å². The molecule has 1 N–H and O–H groups in total. The summed E-state index contributed by atoms with van der Waals surface area (Å²) in [5.41, 5.74) is 6.69. The van der Waals surface area contributed by atoms with Crippen LogP contribution in [0.15, 0.2) is 157 Å². The van der Waals surface area contributed by atoms with E-state index in [-0.39, 0.29) is 47.4 Å². The molecule has 0 unspecified atom stereocenters. The molecule has 3 aliphatic rings. The third kappa shape index (κ3) is 10.8. The maximum absolute atomic E-state index is 12.5. The third-order valence-electron chi connectivity index (χ3n) is 12.8. The summed E-state index contributed by atoms with van der Waals surface area (Å²) < 4.78 is 36.3. The van der Waals surface area contributed by atoms with Crippen LogP contribution in [0, 0.1) is 0 Å². The number of carbonyl (C=O) groups excluding carboxylic acids is 3. The molecular formula is C55H60N4O6S. The van der Waals surface area contributed by atoms with Gasteiger partial charge in [-0.3, -0.25) is 19.3 Å². The molecule has 0 atom stereocenters. The number of anilines is 1. The van der Waals surface area contributed by atoms with Crippen LogP contribution in [-0.2, 0) is 35.3 Å². The average molecular weight is 905 g/mol. The molecule has 0 aromatic heterocycles. The smallest absolute Gasteiger partial charge is 0.253 e. The minimum Gasteiger partial charge on any atom is -0.748 e. The third-order valence-corrected chi connectivity index (χ3v) is 13.6. The van der Waals surface area contributed by atoms with Crippen molar-refractivity contribution >= 4 is 66.5 Å². The van der Waals surface area contributed by atoms with Crippen LogP contribution >= 0.6 is 0 Å². The molecule has 0 bridgehead atoms. The topological polar surface area (TPSA) is 130 Å². The quantitative estimate of drug-likeness (QED) is 0.0307. The SMILES string of the molecule is CC1(C)C(/C=C/C=C/C=C/C=C/C=C/C=C2/N(CCCCS(=O)(=O)[O-])c3ccc4ccccc4c3C2(C)C)=[N+](CCCCCC(=O)NCCN2C(=O)C=CC2=O)c2ccc3ccccc3c21. The lowest BCUT2D eigenvalue weighted by Crippen LogP contribution is -2.38. The lowest BCUT2D eigenvalue weighted by atomic mass is 9.79. The molecule has 0 radical (unpaired) electrons. The first-order chi connectivity index (χ1) is 31.7. The number of nitrogens with one attached hydrogen (secondary N) is 1. The monoisotopic (exact) mass is 904 g/mol. The van der Waals surface area contributed by atoms with E-state index >= 15 is 0 Å². The fourth-order valence-corrected chi connectivity index (χ4v) is 10.2. The van der Waals surface area contributed by atoms with Crippen molar-refractivity contribution in [2.24, 2.45) is 0 Å². The molecule has 3 aliphatic heterocycles. The van der Waals surface area contributed by atoms with E-state index in [0.29, 0.717) is 25.8 Å². The summed E-state index contributed by atoms with van der Waals surface area (Å²) in [6.45, 7) is 10.9. The van der Waals surface area contributed by atoms with Crippen molar-refractivity contribution in [2.45, 2.75) is 77.0 Å². The highest BCUT2D eigenvalue weighted by molar-refractivity contribution is 7.85. The van der Waals surface area contributed by atoms with E-state index in [4.69, 9.17) is 0 Å². The largest absolute Gasteiger partial charge is 0.748 e. The van der Waals surface area contributed by atoms with Gasteiger partial charge in [0.15, 0.2) is 5.71 Å². The summed E-state index contributed by atoms with van der Waals surface area (Å²) in [5, 5.41) is 7.68. The standard InChI is InChI=1S/C55H60N4O6S/c1-54(2)47(57(45-32-30-41-23-16-18-25-43(41)52(45)54)37-20-12-15-29-49(60)56-36-39-59-50(61)34-35-51(59)62)27-13-10-8-6-5-7-9-11-14-28-48-55(3,4)53-44-26-19-17-24-42(44)31-33-46(53)58(48)38-21-22-40-66(63,64)65/h5-11,13-14,16-19,23-28,30-35H,12,15,20-22,29,36-40H2,1-4H3,(H-,56,60,63,64,65). The highest BCUT2D eigenvalue weighted by atomic mass is 32.2. The van der Waals surface area contributed by atoms with Gasteiger partial charge in [-0.15, -0.1) is 0 Å². The zero-order valence-electron chi connectivity index (χ0n) is 38.4. The molecule has 4 aromatic carbocycles. The van der Waals surface area contributed by atoms with E-state index in [9.17, 15) is 27.4 Å². The molecule has 66 heavy (non-hydrogen) atoms. The minimum atomic E-state index is -4.25. The number of hydrogen-bond acceptors (Lipinski definition) is 7. The predicted octanol–water partition coefficient (Wildman–Crippen LogP) is 9.76. The molecule has 10 nitrogen and oxygen atoms in total. The Labute approximate surface area is 389 Å². The van der Waals surface area contributed by atoms with Crippen molar-refractivity contribution in [1.82, 2.24) is 10.2 Å². The summed E-state index contributed by atoms with van der Waals surface area (Å²) in [6, 6.07) is 25.6. The van der Waals surface area contributed by atoms with Crippen LogP contribution in [0.1, 0.15) is 77.3 Å². The molecule has 7 rings (SSSR count). The maximum atomic E-state index is 12.5. The van der Waals surface area contributed by atoms with Crippen LogP contribution in [0.4, 0.5) is 11.4 Å². The number of rotatable bonds is 20. The van der Waals surface area contributed by atoms with E-state index in [0.717, 1.165) is 42.1 Å². The summed E-state index contributed by atoms with van der Waals surface area (Å²) in [5.74, 6) is -1.13. The Morgan fingerprint density at radius 2 is 1.27 bits per heavy atom. The number of imide groups is 1. The first kappa shape index (κ1) is 47.5. The van der Waals surface area contributed by atoms with Crippen LogP contribution in [0.5, 0.6) is 0 Å². The van der Waals surface area contributed by atoms with Gasteiger partial charge in [-0.05, 0) is 84.8 Å². The Kier molecular flexibility index (Phi) is 15.0. The van der Waals surface area contributed by atoms with Crippen molar-refractivity contribution in [1.29, 1.82) is 0 Å². The lowest BCUT2D eigenvalue weighted by molar-refractivity contribution is -0.438. The number of hydrogen-bond donors (Lipinski definition) is 1. The first-order valence-corrected chi connectivity index (χ1v) is 24.5. The van der Waals surface area contributed by atoms with Crippen LogP contribution in [-0.4, -0.2) is 77.8 Å². The second-order valence-corrected chi connectivity index (χ2v) is 19.6. The van der Waals surface area contributed by atoms with E-state index in [1.54, 1.807) is 0 Å². The summed E-state index contributed by atoms with van der Waals surface area (Å²) in [6.07, 6.45) is 28.8. The zero-order chi connectivity index (χ0) is 46.9. The number of allylic oxidation sites excluding steroid dienone is 12. The van der Waals surface area contributed by atoms with Crippen LogP contribution in [0.3, 0.4) is 0 Å². The Balaban J connectivity index is 0.972. The van der Waals surface area contributed by atoms with Crippen molar-refractivity contribution in [3.63, 3.8) is 0 Å². The zero-order valence-corrected chi connectivity index (χ0v) is 39.2.